The van der Waals surface area contributed by atoms with Crippen molar-refractivity contribution in [2.24, 2.45) is 0 Å². The topological polar surface area (TPSA) is 108 Å². The molecule has 2 aromatic rings. The molecule has 204 valence electrons. The summed E-state index contributed by atoms with van der Waals surface area (Å²) in [4.78, 5) is 37.8. The van der Waals surface area contributed by atoms with Crippen LogP contribution < -0.4 is 0 Å². The van der Waals surface area contributed by atoms with Gasteiger partial charge in [-0.05, 0) is 70.1 Å². The van der Waals surface area contributed by atoms with Gasteiger partial charge in [-0.15, -0.1) is 0 Å². The summed E-state index contributed by atoms with van der Waals surface area (Å²) in [5, 5.41) is 10.9. The number of nitrogens with zero attached hydrogens (tertiary/aromatic N) is 2. The number of carbonyl (C=O) groups is 2. The number of carbonyl (C=O) groups excluding carboxylic acids is 2. The molecule has 1 aliphatic carbocycles. The summed E-state index contributed by atoms with van der Waals surface area (Å²) in [5.41, 5.74) is 0.805. The Morgan fingerprint density at radius 3 is 2.24 bits per heavy atom. The molecular weight excluding hydrogens is 488 g/mol. The summed E-state index contributed by atoms with van der Waals surface area (Å²) >= 11 is 0. The molecule has 2 aromatic carbocycles. The van der Waals surface area contributed by atoms with Gasteiger partial charge in [0.1, 0.15) is 11.7 Å². The average molecular weight is 525 g/mol. The summed E-state index contributed by atoms with van der Waals surface area (Å²) in [6.45, 7) is 6.04. The van der Waals surface area contributed by atoms with E-state index in [9.17, 15) is 19.7 Å². The highest BCUT2D eigenvalue weighted by atomic mass is 16.6. The zero-order chi connectivity index (χ0) is 27.3. The predicted octanol–water partition coefficient (Wildman–Crippen LogP) is 5.87. The van der Waals surface area contributed by atoms with Crippen LogP contribution in [0.5, 0.6) is 0 Å². The fourth-order valence-electron chi connectivity index (χ4n) is 5.15. The van der Waals surface area contributed by atoms with Crippen LogP contribution in [0.15, 0.2) is 54.6 Å². The van der Waals surface area contributed by atoms with Crippen LogP contribution in [0.25, 0.3) is 0 Å². The molecule has 0 bridgehead atoms. The molecule has 0 aromatic heterocycles. The molecule has 0 unspecified atom stereocenters. The molecule has 4 rings (SSSR count). The molecule has 1 amide bonds. The normalized spacial score (nSPS) is 23.6. The lowest BCUT2D eigenvalue weighted by Crippen LogP contribution is -2.46. The maximum Gasteiger partial charge on any atom is 0.410 e. The number of nitro groups is 1. The van der Waals surface area contributed by atoms with E-state index in [1.807, 2.05) is 26.8 Å². The highest BCUT2D eigenvalue weighted by Crippen LogP contribution is 2.34. The molecule has 9 heteroatoms. The van der Waals surface area contributed by atoms with Gasteiger partial charge in [0.05, 0.1) is 29.2 Å². The number of esters is 1. The van der Waals surface area contributed by atoms with Crippen molar-refractivity contribution in [2.75, 3.05) is 13.2 Å². The molecule has 2 fully saturated rings. The molecule has 0 N–H and O–H groups in total. The zero-order valence-electron chi connectivity index (χ0n) is 22.2. The number of hydrogen-bond acceptors (Lipinski definition) is 7. The number of rotatable bonds is 7. The monoisotopic (exact) mass is 524 g/mol. The van der Waals surface area contributed by atoms with E-state index in [1.54, 1.807) is 4.90 Å². The Balaban J connectivity index is 1.39. The van der Waals surface area contributed by atoms with Gasteiger partial charge in [0.15, 0.2) is 0 Å². The molecule has 0 radical (unpaired) electrons. The van der Waals surface area contributed by atoms with E-state index in [-0.39, 0.29) is 24.0 Å². The Morgan fingerprint density at radius 1 is 0.974 bits per heavy atom. The van der Waals surface area contributed by atoms with Gasteiger partial charge in [0.25, 0.3) is 5.69 Å². The number of likely N-dealkylation sites (tertiary alicyclic amines) is 1. The maximum atomic E-state index is 13.0. The highest BCUT2D eigenvalue weighted by Gasteiger charge is 2.42. The lowest BCUT2D eigenvalue weighted by Gasteiger charge is -2.33. The molecular formula is C29H36N2O7. The lowest BCUT2D eigenvalue weighted by atomic mass is 9.83. The molecule has 2 atom stereocenters. The van der Waals surface area contributed by atoms with E-state index >= 15 is 0 Å². The van der Waals surface area contributed by atoms with Gasteiger partial charge < -0.3 is 14.2 Å². The fraction of sp³-hybridized carbons (Fsp3) is 0.517. The van der Waals surface area contributed by atoms with Crippen molar-refractivity contribution in [3.8, 4) is 0 Å². The van der Waals surface area contributed by atoms with Gasteiger partial charge in [0, 0.05) is 25.1 Å². The van der Waals surface area contributed by atoms with Crippen molar-refractivity contribution >= 4 is 17.7 Å². The quantitative estimate of drug-likeness (QED) is 0.253. The number of nitro benzene ring substituents is 1. The van der Waals surface area contributed by atoms with Gasteiger partial charge in [-0.2, -0.15) is 0 Å². The first-order chi connectivity index (χ1) is 18.1. The number of benzene rings is 2. The summed E-state index contributed by atoms with van der Waals surface area (Å²) in [6, 6.07) is 15.3. The average Bonchev–Trinajstić information content (AvgIpc) is 3.29. The molecule has 2 aliphatic rings. The standard InChI is InChI=1S/C29H36N2O7/c1-29(2,3)38-28(33)30-18-17-26(37-27(32)22-9-13-23(14-10-22)31(34)35)25(30)19-36-24-15-11-21(12-16-24)20-7-5-4-6-8-20/h4-10,13-14,21,24-26H,11-12,15-19H2,1-3H3/t21-,24+,25-,26+/m0/s1. The van der Waals surface area contributed by atoms with Gasteiger partial charge in [-0.1, -0.05) is 30.3 Å². The van der Waals surface area contributed by atoms with Gasteiger partial charge >= 0.3 is 12.1 Å². The van der Waals surface area contributed by atoms with Crippen molar-refractivity contribution in [3.05, 3.63) is 75.8 Å². The zero-order valence-corrected chi connectivity index (χ0v) is 22.2. The minimum atomic E-state index is -0.661. The van der Waals surface area contributed by atoms with Crippen LogP contribution in [0.2, 0.25) is 0 Å². The molecule has 1 saturated carbocycles. The Hall–Kier alpha value is -3.46. The van der Waals surface area contributed by atoms with E-state index in [1.165, 1.54) is 29.8 Å². The van der Waals surface area contributed by atoms with E-state index in [0.717, 1.165) is 25.7 Å². The maximum absolute atomic E-state index is 13.0. The van der Waals surface area contributed by atoms with Crippen molar-refractivity contribution in [2.45, 2.75) is 82.6 Å². The molecule has 1 saturated heterocycles. The Kier molecular flexibility index (Phi) is 8.66. The SMILES string of the molecule is CC(C)(C)OC(=O)N1CC[C@@H](OC(=O)c2ccc([N+](=O)[O-])cc2)[C@@H]1CO[C@H]1CC[C@@H](c2ccccc2)CC1. The number of non-ortho nitro benzene ring substituents is 1. The van der Waals surface area contributed by atoms with E-state index in [4.69, 9.17) is 14.2 Å². The van der Waals surface area contributed by atoms with Crippen molar-refractivity contribution < 1.29 is 28.7 Å². The molecule has 38 heavy (non-hydrogen) atoms. The van der Waals surface area contributed by atoms with E-state index < -0.39 is 34.7 Å². The third-order valence-electron chi connectivity index (χ3n) is 7.13. The van der Waals surface area contributed by atoms with Crippen molar-refractivity contribution in [3.63, 3.8) is 0 Å². The third-order valence-corrected chi connectivity index (χ3v) is 7.13. The molecule has 0 spiro atoms. The van der Waals surface area contributed by atoms with Crippen LogP contribution in [-0.2, 0) is 14.2 Å². The smallest absolute Gasteiger partial charge is 0.410 e. The van der Waals surface area contributed by atoms with E-state index in [0.29, 0.717) is 18.9 Å². The number of ether oxygens (including phenoxy) is 3. The van der Waals surface area contributed by atoms with Crippen molar-refractivity contribution in [1.82, 2.24) is 4.90 Å². The van der Waals surface area contributed by atoms with Crippen LogP contribution >= 0.6 is 0 Å². The van der Waals surface area contributed by atoms with Crippen LogP contribution in [0, 0.1) is 10.1 Å². The van der Waals surface area contributed by atoms with Crippen LogP contribution in [0.4, 0.5) is 10.5 Å². The highest BCUT2D eigenvalue weighted by molar-refractivity contribution is 5.89. The Morgan fingerprint density at radius 2 is 1.63 bits per heavy atom. The number of amides is 1. The summed E-state index contributed by atoms with van der Waals surface area (Å²) in [7, 11) is 0. The Labute approximate surface area is 223 Å². The fourth-order valence-corrected chi connectivity index (χ4v) is 5.15. The summed E-state index contributed by atoms with van der Waals surface area (Å²) < 4.78 is 17.7. The van der Waals surface area contributed by atoms with Crippen LogP contribution in [0.3, 0.4) is 0 Å². The molecule has 9 nitrogen and oxygen atoms in total. The Bertz CT molecular complexity index is 1110. The predicted molar refractivity (Wildman–Crippen MR) is 141 cm³/mol. The minimum absolute atomic E-state index is 0.0714. The number of hydrogen-bond donors (Lipinski definition) is 0. The first kappa shape index (κ1) is 27.6. The van der Waals surface area contributed by atoms with Gasteiger partial charge in [-0.3, -0.25) is 15.0 Å². The van der Waals surface area contributed by atoms with E-state index in [2.05, 4.69) is 24.3 Å². The largest absolute Gasteiger partial charge is 0.456 e. The molecule has 1 aliphatic heterocycles. The minimum Gasteiger partial charge on any atom is -0.456 e. The van der Waals surface area contributed by atoms with Crippen LogP contribution in [0.1, 0.15) is 74.7 Å². The van der Waals surface area contributed by atoms with Crippen LogP contribution in [-0.4, -0.2) is 58.9 Å². The molecule has 1 heterocycles. The van der Waals surface area contributed by atoms with Crippen molar-refractivity contribution in [1.29, 1.82) is 0 Å². The lowest BCUT2D eigenvalue weighted by molar-refractivity contribution is -0.384. The first-order valence-corrected chi connectivity index (χ1v) is 13.2. The summed E-state index contributed by atoms with van der Waals surface area (Å²) in [5.74, 6) is -0.0690. The first-order valence-electron chi connectivity index (χ1n) is 13.2. The summed E-state index contributed by atoms with van der Waals surface area (Å²) in [6.07, 6.45) is 3.40. The second kappa shape index (κ2) is 11.9. The second-order valence-electron chi connectivity index (χ2n) is 11.0. The van der Waals surface area contributed by atoms with Gasteiger partial charge in [0.2, 0.25) is 0 Å². The van der Waals surface area contributed by atoms with Gasteiger partial charge in [-0.25, -0.2) is 9.59 Å². The second-order valence-corrected chi connectivity index (χ2v) is 11.0. The third kappa shape index (κ3) is 7.10.